The average molecular weight is 378 g/mol. The molecule has 6 aromatic heterocycles. The zero-order valence-corrected chi connectivity index (χ0v) is 15.1. The van der Waals surface area contributed by atoms with Gasteiger partial charge in [-0.05, 0) is 30.3 Å². The lowest BCUT2D eigenvalue weighted by molar-refractivity contribution is 1.09. The molecule has 8 heteroatoms. The molecule has 0 saturated heterocycles. The summed E-state index contributed by atoms with van der Waals surface area (Å²) in [4.78, 5) is 16.8. The van der Waals surface area contributed by atoms with E-state index in [0.717, 1.165) is 55.7 Å². The lowest BCUT2D eigenvalue weighted by Gasteiger charge is -2.00. The SMILES string of the molecule is c1cncc(-c2nccc3[nH]c(-c4n[nH]c5cnc(-c6cn[nH]c6)cc45)cc23)c1. The van der Waals surface area contributed by atoms with Gasteiger partial charge in [0.15, 0.2) is 0 Å². The van der Waals surface area contributed by atoms with Gasteiger partial charge in [-0.25, -0.2) is 0 Å². The third-order valence-electron chi connectivity index (χ3n) is 4.98. The first-order valence-electron chi connectivity index (χ1n) is 9.08. The van der Waals surface area contributed by atoms with E-state index in [4.69, 9.17) is 0 Å². The minimum Gasteiger partial charge on any atom is -0.353 e. The average Bonchev–Trinajstić information content (AvgIpc) is 3.52. The second-order valence-electron chi connectivity index (χ2n) is 6.72. The van der Waals surface area contributed by atoms with Crippen molar-refractivity contribution < 1.29 is 0 Å². The Morgan fingerprint density at radius 2 is 1.76 bits per heavy atom. The van der Waals surface area contributed by atoms with Gasteiger partial charge in [0, 0.05) is 52.2 Å². The topological polar surface area (TPSA) is 112 Å². The third kappa shape index (κ3) is 2.50. The van der Waals surface area contributed by atoms with Gasteiger partial charge in [-0.1, -0.05) is 0 Å². The Morgan fingerprint density at radius 3 is 2.62 bits per heavy atom. The van der Waals surface area contributed by atoms with Crippen molar-refractivity contribution in [1.82, 2.24) is 40.3 Å². The van der Waals surface area contributed by atoms with Gasteiger partial charge in [-0.15, -0.1) is 0 Å². The number of rotatable bonds is 3. The summed E-state index contributed by atoms with van der Waals surface area (Å²) in [5.74, 6) is 0. The first-order valence-corrected chi connectivity index (χ1v) is 9.08. The molecule has 0 bridgehead atoms. The Bertz CT molecular complexity index is 1440. The van der Waals surface area contributed by atoms with Crippen molar-refractivity contribution in [1.29, 1.82) is 0 Å². The molecule has 0 aliphatic carbocycles. The van der Waals surface area contributed by atoms with Crippen molar-refractivity contribution in [3.05, 3.63) is 67.5 Å². The zero-order valence-electron chi connectivity index (χ0n) is 15.1. The fraction of sp³-hybridized carbons (Fsp3) is 0. The maximum absolute atomic E-state index is 4.57. The number of aromatic nitrogens is 8. The summed E-state index contributed by atoms with van der Waals surface area (Å²) in [7, 11) is 0. The van der Waals surface area contributed by atoms with Gasteiger partial charge >= 0.3 is 0 Å². The zero-order chi connectivity index (χ0) is 19.2. The lowest BCUT2D eigenvalue weighted by atomic mass is 10.1. The van der Waals surface area contributed by atoms with Gasteiger partial charge in [-0.3, -0.25) is 25.1 Å². The highest BCUT2D eigenvalue weighted by molar-refractivity contribution is 6.00. The van der Waals surface area contributed by atoms with E-state index in [1.807, 2.05) is 36.7 Å². The lowest BCUT2D eigenvalue weighted by Crippen LogP contribution is -1.84. The maximum Gasteiger partial charge on any atom is 0.116 e. The van der Waals surface area contributed by atoms with E-state index in [1.165, 1.54) is 0 Å². The normalized spacial score (nSPS) is 11.4. The van der Waals surface area contributed by atoms with Gasteiger partial charge in [0.05, 0.1) is 35.0 Å². The highest BCUT2D eigenvalue weighted by atomic mass is 15.1. The van der Waals surface area contributed by atoms with Crippen LogP contribution in [0.4, 0.5) is 0 Å². The van der Waals surface area contributed by atoms with E-state index < -0.39 is 0 Å². The summed E-state index contributed by atoms with van der Waals surface area (Å²) in [5, 5.41) is 16.4. The van der Waals surface area contributed by atoms with E-state index in [-0.39, 0.29) is 0 Å². The van der Waals surface area contributed by atoms with E-state index >= 15 is 0 Å². The van der Waals surface area contributed by atoms with Crippen molar-refractivity contribution >= 4 is 21.8 Å². The number of H-pyrrole nitrogens is 3. The Labute approximate surface area is 164 Å². The standard InChI is InChI=1S/C21H14N8/c1-2-12(8-22-4-1)20-14-7-18(27-16(14)3-5-23-20)21-15-6-17(13-9-25-26-10-13)24-11-19(15)28-29-21/h1-11,27H,(H,25,26)(H,28,29). The number of hydrogen-bond acceptors (Lipinski definition) is 5. The molecular formula is C21H14N8. The highest BCUT2D eigenvalue weighted by Crippen LogP contribution is 2.33. The van der Waals surface area contributed by atoms with E-state index in [0.29, 0.717) is 0 Å². The molecule has 0 radical (unpaired) electrons. The molecule has 0 fully saturated rings. The van der Waals surface area contributed by atoms with Crippen LogP contribution in [-0.4, -0.2) is 40.3 Å². The molecular weight excluding hydrogens is 364 g/mol. The summed E-state index contributed by atoms with van der Waals surface area (Å²) in [6.45, 7) is 0. The molecule has 0 aliphatic heterocycles. The number of nitrogens with one attached hydrogen (secondary N) is 3. The Morgan fingerprint density at radius 1 is 0.793 bits per heavy atom. The van der Waals surface area contributed by atoms with E-state index in [1.54, 1.807) is 24.8 Å². The van der Waals surface area contributed by atoms with Crippen molar-refractivity contribution in [3.8, 4) is 33.9 Å². The van der Waals surface area contributed by atoms with Crippen LogP contribution in [0.1, 0.15) is 0 Å². The molecule has 3 N–H and O–H groups in total. The Hall–Kier alpha value is -4.33. The van der Waals surface area contributed by atoms with Gasteiger partial charge in [0.1, 0.15) is 5.69 Å². The molecule has 6 aromatic rings. The van der Waals surface area contributed by atoms with Crippen molar-refractivity contribution in [2.24, 2.45) is 0 Å². The largest absolute Gasteiger partial charge is 0.353 e. The van der Waals surface area contributed by atoms with Crippen LogP contribution in [-0.2, 0) is 0 Å². The van der Waals surface area contributed by atoms with Crippen LogP contribution < -0.4 is 0 Å². The minimum absolute atomic E-state index is 0.834. The van der Waals surface area contributed by atoms with Crippen LogP contribution in [0.2, 0.25) is 0 Å². The molecule has 0 aromatic carbocycles. The van der Waals surface area contributed by atoms with Crippen molar-refractivity contribution in [2.45, 2.75) is 0 Å². The number of aromatic amines is 3. The molecule has 0 saturated carbocycles. The quantitative estimate of drug-likeness (QED) is 0.432. The van der Waals surface area contributed by atoms with Crippen molar-refractivity contribution in [3.63, 3.8) is 0 Å². The Balaban J connectivity index is 1.54. The van der Waals surface area contributed by atoms with Gasteiger partial charge in [0.25, 0.3) is 0 Å². The summed E-state index contributed by atoms with van der Waals surface area (Å²) >= 11 is 0. The summed E-state index contributed by atoms with van der Waals surface area (Å²) < 4.78 is 0. The van der Waals surface area contributed by atoms with Crippen LogP contribution in [0, 0.1) is 0 Å². The van der Waals surface area contributed by atoms with E-state index in [2.05, 4.69) is 46.4 Å². The molecule has 0 amide bonds. The van der Waals surface area contributed by atoms with E-state index in [9.17, 15) is 0 Å². The molecule has 0 aliphatic rings. The summed E-state index contributed by atoms with van der Waals surface area (Å²) in [6.07, 6.45) is 10.7. The molecule has 0 atom stereocenters. The fourth-order valence-electron chi connectivity index (χ4n) is 3.59. The summed E-state index contributed by atoms with van der Waals surface area (Å²) in [6, 6.07) is 9.98. The second-order valence-corrected chi connectivity index (χ2v) is 6.72. The summed E-state index contributed by atoms with van der Waals surface area (Å²) in [5.41, 5.74) is 7.24. The van der Waals surface area contributed by atoms with Crippen molar-refractivity contribution in [2.75, 3.05) is 0 Å². The number of fused-ring (bicyclic) bond motifs is 2. The first-order chi connectivity index (χ1) is 14.4. The molecule has 138 valence electrons. The molecule has 29 heavy (non-hydrogen) atoms. The second kappa shape index (κ2) is 6.10. The predicted octanol–water partition coefficient (Wildman–Crippen LogP) is 3.95. The van der Waals surface area contributed by atoms with Gasteiger partial charge < -0.3 is 4.98 Å². The molecule has 0 spiro atoms. The van der Waals surface area contributed by atoms with Crippen LogP contribution >= 0.6 is 0 Å². The fourth-order valence-corrected chi connectivity index (χ4v) is 3.59. The monoisotopic (exact) mass is 378 g/mol. The molecule has 0 unspecified atom stereocenters. The van der Waals surface area contributed by atoms with Gasteiger partial charge in [0.2, 0.25) is 0 Å². The number of nitrogens with zero attached hydrogens (tertiary/aromatic N) is 5. The molecule has 6 rings (SSSR count). The maximum atomic E-state index is 4.57. The number of hydrogen-bond donors (Lipinski definition) is 3. The Kier molecular flexibility index (Phi) is 3.30. The van der Waals surface area contributed by atoms with Crippen LogP contribution in [0.15, 0.2) is 67.5 Å². The first kappa shape index (κ1) is 15.7. The highest BCUT2D eigenvalue weighted by Gasteiger charge is 2.15. The van der Waals surface area contributed by atoms with Crippen LogP contribution in [0.3, 0.4) is 0 Å². The molecule has 6 heterocycles. The van der Waals surface area contributed by atoms with Gasteiger partial charge in [-0.2, -0.15) is 10.2 Å². The third-order valence-corrected chi connectivity index (χ3v) is 4.98. The predicted molar refractivity (Wildman–Crippen MR) is 110 cm³/mol. The number of pyridine rings is 3. The minimum atomic E-state index is 0.834. The van der Waals surface area contributed by atoms with Crippen LogP contribution in [0.5, 0.6) is 0 Å². The molecule has 8 nitrogen and oxygen atoms in total. The smallest absolute Gasteiger partial charge is 0.116 e. The van der Waals surface area contributed by atoms with Crippen LogP contribution in [0.25, 0.3) is 55.7 Å².